The summed E-state index contributed by atoms with van der Waals surface area (Å²) in [5, 5.41) is 3.31. The Balaban J connectivity index is 1.82. The molecular weight excluding hydrogens is 304 g/mol. The van der Waals surface area contributed by atoms with Gasteiger partial charge in [0.05, 0.1) is 6.54 Å². The SMILES string of the molecule is C[C@H](NCC(=O)N1CCCCC1)c1cccc(Br)c1. The van der Waals surface area contributed by atoms with Gasteiger partial charge < -0.3 is 10.2 Å². The molecule has 0 spiro atoms. The van der Waals surface area contributed by atoms with Crippen molar-refractivity contribution in [3.63, 3.8) is 0 Å². The number of hydrogen-bond donors (Lipinski definition) is 1. The molecule has 1 aromatic carbocycles. The molecule has 1 saturated heterocycles. The number of benzene rings is 1. The second-order valence-corrected chi connectivity index (χ2v) is 6.01. The minimum absolute atomic E-state index is 0.186. The van der Waals surface area contributed by atoms with Crippen LogP contribution in [0.1, 0.15) is 37.8 Å². The number of carbonyl (C=O) groups is 1. The first-order valence-electron chi connectivity index (χ1n) is 6.93. The topological polar surface area (TPSA) is 32.3 Å². The smallest absolute Gasteiger partial charge is 0.236 e. The van der Waals surface area contributed by atoms with Crippen molar-refractivity contribution in [2.24, 2.45) is 0 Å². The molecule has 2 rings (SSSR count). The molecule has 1 aliphatic heterocycles. The highest BCUT2D eigenvalue weighted by Gasteiger charge is 2.16. The third-order valence-electron chi connectivity index (χ3n) is 3.62. The van der Waals surface area contributed by atoms with Gasteiger partial charge >= 0.3 is 0 Å². The van der Waals surface area contributed by atoms with Crippen LogP contribution in [-0.4, -0.2) is 30.4 Å². The third-order valence-corrected chi connectivity index (χ3v) is 4.11. The summed E-state index contributed by atoms with van der Waals surface area (Å²) >= 11 is 3.47. The molecule has 4 heteroatoms. The molecule has 0 aromatic heterocycles. The number of nitrogens with zero attached hydrogens (tertiary/aromatic N) is 1. The second kappa shape index (κ2) is 7.06. The molecule has 3 nitrogen and oxygen atoms in total. The average Bonchev–Trinajstić information content (AvgIpc) is 2.45. The Morgan fingerprint density at radius 2 is 2.11 bits per heavy atom. The van der Waals surface area contributed by atoms with Gasteiger partial charge in [-0.3, -0.25) is 4.79 Å². The Morgan fingerprint density at radius 1 is 1.37 bits per heavy atom. The Kier molecular flexibility index (Phi) is 5.40. The molecule has 1 amide bonds. The third kappa shape index (κ3) is 4.32. The summed E-state index contributed by atoms with van der Waals surface area (Å²) < 4.78 is 1.07. The number of piperidine rings is 1. The summed E-state index contributed by atoms with van der Waals surface area (Å²) in [6, 6.07) is 8.38. The van der Waals surface area contributed by atoms with Crippen molar-refractivity contribution >= 4 is 21.8 Å². The lowest BCUT2D eigenvalue weighted by Gasteiger charge is -2.27. The lowest BCUT2D eigenvalue weighted by Crippen LogP contribution is -2.41. The zero-order chi connectivity index (χ0) is 13.7. The van der Waals surface area contributed by atoms with Crippen molar-refractivity contribution in [3.8, 4) is 0 Å². The van der Waals surface area contributed by atoms with Gasteiger partial charge in [0.2, 0.25) is 5.91 Å². The minimum Gasteiger partial charge on any atom is -0.342 e. The molecule has 104 valence electrons. The molecule has 1 N–H and O–H groups in total. The summed E-state index contributed by atoms with van der Waals surface area (Å²) in [5.41, 5.74) is 1.20. The van der Waals surface area contributed by atoms with E-state index in [-0.39, 0.29) is 11.9 Å². The molecule has 19 heavy (non-hydrogen) atoms. The normalized spacial score (nSPS) is 17.3. The van der Waals surface area contributed by atoms with Crippen LogP contribution in [-0.2, 0) is 4.79 Å². The van der Waals surface area contributed by atoms with E-state index in [1.165, 1.54) is 12.0 Å². The number of nitrogens with one attached hydrogen (secondary N) is 1. The minimum atomic E-state index is 0.186. The zero-order valence-corrected chi connectivity index (χ0v) is 12.9. The number of likely N-dealkylation sites (tertiary alicyclic amines) is 1. The van der Waals surface area contributed by atoms with E-state index in [0.29, 0.717) is 6.54 Å². The molecule has 1 heterocycles. The first-order chi connectivity index (χ1) is 9.16. The maximum atomic E-state index is 12.1. The molecule has 1 fully saturated rings. The molecule has 0 aliphatic carbocycles. The van der Waals surface area contributed by atoms with Crippen LogP contribution < -0.4 is 5.32 Å². The van der Waals surface area contributed by atoms with Crippen molar-refractivity contribution in [3.05, 3.63) is 34.3 Å². The summed E-state index contributed by atoms with van der Waals surface area (Å²) in [4.78, 5) is 14.0. The predicted octanol–water partition coefficient (Wildman–Crippen LogP) is 3.11. The highest BCUT2D eigenvalue weighted by Crippen LogP contribution is 2.17. The van der Waals surface area contributed by atoms with Crippen LogP contribution in [0, 0.1) is 0 Å². The molecule has 1 aromatic rings. The summed E-state index contributed by atoms with van der Waals surface area (Å²) in [7, 11) is 0. The van der Waals surface area contributed by atoms with E-state index in [1.807, 2.05) is 17.0 Å². The van der Waals surface area contributed by atoms with Gasteiger partial charge in [0.25, 0.3) is 0 Å². The number of hydrogen-bond acceptors (Lipinski definition) is 2. The van der Waals surface area contributed by atoms with Crippen LogP contribution in [0.4, 0.5) is 0 Å². The monoisotopic (exact) mass is 324 g/mol. The van der Waals surface area contributed by atoms with Gasteiger partial charge in [-0.1, -0.05) is 28.1 Å². The molecule has 1 aliphatic rings. The van der Waals surface area contributed by atoms with Gasteiger partial charge in [-0.2, -0.15) is 0 Å². The number of amides is 1. The Morgan fingerprint density at radius 3 is 2.79 bits per heavy atom. The first-order valence-corrected chi connectivity index (χ1v) is 7.73. The lowest BCUT2D eigenvalue weighted by atomic mass is 10.1. The fourth-order valence-corrected chi connectivity index (χ4v) is 2.81. The van der Waals surface area contributed by atoms with Crippen LogP contribution in [0.5, 0.6) is 0 Å². The van der Waals surface area contributed by atoms with Crippen LogP contribution >= 0.6 is 15.9 Å². The summed E-state index contributed by atoms with van der Waals surface area (Å²) in [5.74, 6) is 0.224. The van der Waals surface area contributed by atoms with E-state index in [2.05, 4.69) is 40.3 Å². The predicted molar refractivity (Wildman–Crippen MR) is 81.0 cm³/mol. The lowest BCUT2D eigenvalue weighted by molar-refractivity contribution is -0.131. The van der Waals surface area contributed by atoms with E-state index in [0.717, 1.165) is 30.4 Å². The van der Waals surface area contributed by atoms with Crippen molar-refractivity contribution < 1.29 is 4.79 Å². The van der Waals surface area contributed by atoms with Crippen LogP contribution in [0.3, 0.4) is 0 Å². The van der Waals surface area contributed by atoms with Crippen LogP contribution in [0.15, 0.2) is 28.7 Å². The maximum absolute atomic E-state index is 12.1. The van der Waals surface area contributed by atoms with Crippen LogP contribution in [0.2, 0.25) is 0 Å². The fraction of sp³-hybridized carbons (Fsp3) is 0.533. The van der Waals surface area contributed by atoms with Gasteiger partial charge in [0, 0.05) is 23.6 Å². The van der Waals surface area contributed by atoms with Gasteiger partial charge in [-0.15, -0.1) is 0 Å². The molecule has 0 radical (unpaired) electrons. The fourth-order valence-electron chi connectivity index (χ4n) is 2.39. The van der Waals surface area contributed by atoms with Gasteiger partial charge in [0.1, 0.15) is 0 Å². The molecular formula is C15H21BrN2O. The number of rotatable bonds is 4. The van der Waals surface area contributed by atoms with E-state index in [9.17, 15) is 4.79 Å². The standard InChI is InChI=1S/C15H21BrN2O/c1-12(13-6-5-7-14(16)10-13)17-11-15(19)18-8-3-2-4-9-18/h5-7,10,12,17H,2-4,8-9,11H2,1H3/t12-/m0/s1. The zero-order valence-electron chi connectivity index (χ0n) is 11.4. The summed E-state index contributed by atoms with van der Waals surface area (Å²) in [6.07, 6.45) is 3.55. The largest absolute Gasteiger partial charge is 0.342 e. The molecule has 1 atom stereocenters. The van der Waals surface area contributed by atoms with Crippen molar-refractivity contribution in [1.82, 2.24) is 10.2 Å². The maximum Gasteiger partial charge on any atom is 0.236 e. The first kappa shape index (κ1) is 14.5. The summed E-state index contributed by atoms with van der Waals surface area (Å²) in [6.45, 7) is 4.36. The van der Waals surface area contributed by atoms with Gasteiger partial charge in [-0.05, 0) is 43.9 Å². The highest BCUT2D eigenvalue weighted by molar-refractivity contribution is 9.10. The van der Waals surface area contributed by atoms with E-state index in [4.69, 9.17) is 0 Å². The number of halogens is 1. The Hall–Kier alpha value is -0.870. The van der Waals surface area contributed by atoms with Crippen LogP contribution in [0.25, 0.3) is 0 Å². The van der Waals surface area contributed by atoms with E-state index in [1.54, 1.807) is 0 Å². The number of carbonyl (C=O) groups excluding carboxylic acids is 1. The molecule has 0 saturated carbocycles. The Labute approximate surface area is 123 Å². The average molecular weight is 325 g/mol. The van der Waals surface area contributed by atoms with Crippen molar-refractivity contribution in [2.75, 3.05) is 19.6 Å². The van der Waals surface area contributed by atoms with Crippen molar-refractivity contribution in [2.45, 2.75) is 32.2 Å². The Bertz CT molecular complexity index is 430. The second-order valence-electron chi connectivity index (χ2n) is 5.10. The van der Waals surface area contributed by atoms with E-state index < -0.39 is 0 Å². The molecule has 0 unspecified atom stereocenters. The van der Waals surface area contributed by atoms with E-state index >= 15 is 0 Å². The van der Waals surface area contributed by atoms with Gasteiger partial charge in [0.15, 0.2) is 0 Å². The molecule has 0 bridgehead atoms. The quantitative estimate of drug-likeness (QED) is 0.922. The van der Waals surface area contributed by atoms with Gasteiger partial charge in [-0.25, -0.2) is 0 Å². The highest BCUT2D eigenvalue weighted by atomic mass is 79.9. The van der Waals surface area contributed by atoms with Crippen molar-refractivity contribution in [1.29, 1.82) is 0 Å².